The number of para-hydroxylation sites is 1. The first kappa shape index (κ1) is 23.9. The number of hydrogen-bond acceptors (Lipinski definition) is 3. The number of benzene rings is 2. The van der Waals surface area contributed by atoms with E-state index < -0.39 is 0 Å². The number of rotatable bonds is 5. The number of likely N-dealkylation sites (tertiary alicyclic amines) is 1. The molecule has 3 heterocycles. The number of aryl methyl sites for hydroxylation is 2. The average molecular weight is 473 g/mol. The predicted octanol–water partition coefficient (Wildman–Crippen LogP) is 5.23. The van der Waals surface area contributed by atoms with Crippen LogP contribution in [-0.4, -0.2) is 59.0 Å². The maximum Gasteiger partial charge on any atom is 0.225 e. The van der Waals surface area contributed by atoms with Gasteiger partial charge >= 0.3 is 0 Å². The molecule has 0 radical (unpaired) electrons. The van der Waals surface area contributed by atoms with E-state index in [4.69, 9.17) is 0 Å². The second-order valence-corrected chi connectivity index (χ2v) is 10.5. The van der Waals surface area contributed by atoms with E-state index in [1.54, 1.807) is 0 Å². The highest BCUT2D eigenvalue weighted by Gasteiger charge is 2.33. The van der Waals surface area contributed by atoms with Crippen molar-refractivity contribution in [3.8, 4) is 0 Å². The molecule has 0 aliphatic carbocycles. The SMILES string of the molecule is CCn1c(C)c(CN2CCC(C(=O)N3CCN(c4cccc(C)c4)[C@@H](C)C3)CC2)c2ccccc21. The van der Waals surface area contributed by atoms with Crippen LogP contribution in [-0.2, 0) is 17.9 Å². The molecule has 0 saturated carbocycles. The van der Waals surface area contributed by atoms with Crippen LogP contribution in [0.3, 0.4) is 0 Å². The molecule has 5 rings (SSSR count). The van der Waals surface area contributed by atoms with E-state index in [0.29, 0.717) is 11.9 Å². The molecular formula is C30H40N4O. The van der Waals surface area contributed by atoms with Crippen molar-refractivity contribution in [2.24, 2.45) is 5.92 Å². The number of fused-ring (bicyclic) bond motifs is 1. The Morgan fingerprint density at radius 3 is 2.46 bits per heavy atom. The Bertz CT molecular complexity index is 1190. The number of carbonyl (C=O) groups excluding carboxylic acids is 1. The first-order valence-corrected chi connectivity index (χ1v) is 13.4. The van der Waals surface area contributed by atoms with Gasteiger partial charge in [-0.1, -0.05) is 30.3 Å². The van der Waals surface area contributed by atoms with Gasteiger partial charge in [-0.15, -0.1) is 0 Å². The maximum absolute atomic E-state index is 13.4. The van der Waals surface area contributed by atoms with E-state index in [1.165, 1.54) is 33.4 Å². The Morgan fingerprint density at radius 2 is 1.74 bits per heavy atom. The van der Waals surface area contributed by atoms with Crippen molar-refractivity contribution < 1.29 is 4.79 Å². The van der Waals surface area contributed by atoms with Crippen molar-refractivity contribution in [1.82, 2.24) is 14.4 Å². The molecule has 5 nitrogen and oxygen atoms in total. The molecule has 5 heteroatoms. The van der Waals surface area contributed by atoms with Gasteiger partial charge in [0.25, 0.3) is 0 Å². The van der Waals surface area contributed by atoms with Crippen LogP contribution in [0.1, 0.15) is 43.5 Å². The molecule has 2 fully saturated rings. The van der Waals surface area contributed by atoms with E-state index in [9.17, 15) is 4.79 Å². The van der Waals surface area contributed by atoms with E-state index in [1.807, 2.05) is 0 Å². The molecule has 0 N–H and O–H groups in total. The summed E-state index contributed by atoms with van der Waals surface area (Å²) >= 11 is 0. The van der Waals surface area contributed by atoms with Crippen molar-refractivity contribution in [2.45, 2.75) is 59.7 Å². The zero-order valence-corrected chi connectivity index (χ0v) is 21.8. The van der Waals surface area contributed by atoms with E-state index in [2.05, 4.69) is 95.5 Å². The Kier molecular flexibility index (Phi) is 6.88. The summed E-state index contributed by atoms with van der Waals surface area (Å²) in [5, 5.41) is 1.38. The molecular weight excluding hydrogens is 432 g/mol. The number of piperidine rings is 1. The van der Waals surface area contributed by atoms with Crippen molar-refractivity contribution in [3.63, 3.8) is 0 Å². The van der Waals surface area contributed by atoms with Gasteiger partial charge in [0.05, 0.1) is 0 Å². The monoisotopic (exact) mass is 472 g/mol. The lowest BCUT2D eigenvalue weighted by atomic mass is 9.94. The molecule has 1 atom stereocenters. The minimum atomic E-state index is 0.169. The van der Waals surface area contributed by atoms with Crippen LogP contribution in [0.5, 0.6) is 0 Å². The van der Waals surface area contributed by atoms with Crippen LogP contribution in [0.2, 0.25) is 0 Å². The Labute approximate surface area is 210 Å². The molecule has 1 amide bonds. The molecule has 2 aliphatic heterocycles. The van der Waals surface area contributed by atoms with Gasteiger partial charge in [0, 0.05) is 67.0 Å². The minimum absolute atomic E-state index is 0.169. The van der Waals surface area contributed by atoms with Gasteiger partial charge in [-0.2, -0.15) is 0 Å². The number of aromatic nitrogens is 1. The van der Waals surface area contributed by atoms with Crippen LogP contribution in [0.4, 0.5) is 5.69 Å². The average Bonchev–Trinajstić information content (AvgIpc) is 3.14. The fourth-order valence-electron chi connectivity index (χ4n) is 6.28. The molecule has 2 saturated heterocycles. The summed E-state index contributed by atoms with van der Waals surface area (Å²) in [5.41, 5.74) is 6.74. The molecule has 2 aliphatic rings. The topological polar surface area (TPSA) is 31.7 Å². The van der Waals surface area contributed by atoms with Crippen LogP contribution in [0, 0.1) is 19.8 Å². The highest BCUT2D eigenvalue weighted by atomic mass is 16.2. The third-order valence-corrected chi connectivity index (χ3v) is 8.27. The van der Waals surface area contributed by atoms with Crippen molar-refractivity contribution >= 4 is 22.5 Å². The molecule has 2 aromatic carbocycles. The third-order valence-electron chi connectivity index (χ3n) is 8.27. The lowest BCUT2D eigenvalue weighted by Gasteiger charge is -2.43. The summed E-state index contributed by atoms with van der Waals surface area (Å²) in [6.45, 7) is 15.4. The molecule has 1 aromatic heterocycles. The largest absolute Gasteiger partial charge is 0.365 e. The number of anilines is 1. The van der Waals surface area contributed by atoms with Crippen LogP contribution >= 0.6 is 0 Å². The molecule has 0 spiro atoms. The summed E-state index contributed by atoms with van der Waals surface area (Å²) < 4.78 is 2.43. The second-order valence-electron chi connectivity index (χ2n) is 10.5. The first-order valence-electron chi connectivity index (χ1n) is 13.4. The zero-order chi connectivity index (χ0) is 24.5. The summed E-state index contributed by atoms with van der Waals surface area (Å²) in [7, 11) is 0. The smallest absolute Gasteiger partial charge is 0.225 e. The molecule has 186 valence electrons. The Morgan fingerprint density at radius 1 is 0.971 bits per heavy atom. The second kappa shape index (κ2) is 10.1. The molecule has 3 aromatic rings. The van der Waals surface area contributed by atoms with Crippen LogP contribution < -0.4 is 4.90 Å². The standard InChI is InChI=1S/C30H40N4O/c1-5-33-24(4)28(27-11-6-7-12-29(27)33)21-31-15-13-25(14-16-31)30(35)32-17-18-34(23(3)20-32)26-10-8-9-22(2)19-26/h6-12,19,23,25H,5,13-18,20-21H2,1-4H3/t23-/m0/s1. The van der Waals surface area contributed by atoms with Crippen molar-refractivity contribution in [1.29, 1.82) is 0 Å². The van der Waals surface area contributed by atoms with Gasteiger partial charge < -0.3 is 14.4 Å². The van der Waals surface area contributed by atoms with Gasteiger partial charge in [-0.05, 0) is 83.0 Å². The van der Waals surface area contributed by atoms with Gasteiger partial charge in [-0.3, -0.25) is 9.69 Å². The summed E-state index contributed by atoms with van der Waals surface area (Å²) in [5.74, 6) is 0.543. The van der Waals surface area contributed by atoms with Crippen molar-refractivity contribution in [2.75, 3.05) is 37.6 Å². The number of carbonyl (C=O) groups is 1. The normalized spacial score (nSPS) is 20.1. The third kappa shape index (κ3) is 4.71. The molecule has 35 heavy (non-hydrogen) atoms. The van der Waals surface area contributed by atoms with Crippen molar-refractivity contribution in [3.05, 3.63) is 65.4 Å². The quantitative estimate of drug-likeness (QED) is 0.510. The number of piperazine rings is 1. The van der Waals surface area contributed by atoms with Gasteiger partial charge in [-0.25, -0.2) is 0 Å². The van der Waals surface area contributed by atoms with E-state index >= 15 is 0 Å². The van der Waals surface area contributed by atoms with Crippen LogP contribution in [0.25, 0.3) is 10.9 Å². The zero-order valence-electron chi connectivity index (χ0n) is 21.8. The van der Waals surface area contributed by atoms with E-state index in [-0.39, 0.29) is 5.92 Å². The Balaban J connectivity index is 1.18. The first-order chi connectivity index (χ1) is 17.0. The van der Waals surface area contributed by atoms with Gasteiger partial charge in [0.15, 0.2) is 0 Å². The summed E-state index contributed by atoms with van der Waals surface area (Å²) in [4.78, 5) is 20.6. The Hall–Kier alpha value is -2.79. The highest BCUT2D eigenvalue weighted by molar-refractivity contribution is 5.85. The minimum Gasteiger partial charge on any atom is -0.365 e. The summed E-state index contributed by atoms with van der Waals surface area (Å²) in [6.07, 6.45) is 1.94. The molecule has 0 bridgehead atoms. The molecule has 0 unspecified atom stereocenters. The summed E-state index contributed by atoms with van der Waals surface area (Å²) in [6, 6.07) is 17.8. The van der Waals surface area contributed by atoms with Crippen LogP contribution in [0.15, 0.2) is 48.5 Å². The fraction of sp³-hybridized carbons (Fsp3) is 0.500. The fourth-order valence-corrected chi connectivity index (χ4v) is 6.28. The van der Waals surface area contributed by atoms with Gasteiger partial charge in [0.2, 0.25) is 5.91 Å². The predicted molar refractivity (Wildman–Crippen MR) is 145 cm³/mol. The highest BCUT2D eigenvalue weighted by Crippen LogP contribution is 2.30. The maximum atomic E-state index is 13.4. The number of amides is 1. The van der Waals surface area contributed by atoms with E-state index in [0.717, 1.165) is 58.7 Å². The van der Waals surface area contributed by atoms with Gasteiger partial charge in [0.1, 0.15) is 0 Å². The lowest BCUT2D eigenvalue weighted by Crippen LogP contribution is -2.55. The lowest BCUT2D eigenvalue weighted by molar-refractivity contribution is -0.137. The number of hydrogen-bond donors (Lipinski definition) is 0. The number of nitrogens with zero attached hydrogens (tertiary/aromatic N) is 4.